The van der Waals surface area contributed by atoms with Crippen LogP contribution in [0.4, 0.5) is 0 Å². The molecule has 0 aromatic heterocycles. The second-order valence-electron chi connectivity index (χ2n) is 5.03. The third kappa shape index (κ3) is 3.78. The van der Waals surface area contributed by atoms with Crippen LogP contribution in [0, 0.1) is 27.7 Å². The molecule has 1 amide bonds. The molecule has 4 heteroatoms. The smallest absolute Gasteiger partial charge is 0.250 e. The summed E-state index contributed by atoms with van der Waals surface area (Å²) in [6.07, 6.45) is -0.343. The minimum atomic E-state index is -1.11. The molecule has 0 aliphatic heterocycles. The first kappa shape index (κ1) is 15.7. The summed E-state index contributed by atoms with van der Waals surface area (Å²) in [5, 5.41) is 12.0. The predicted octanol–water partition coefficient (Wildman–Crippen LogP) is 0.899. The molecule has 1 aromatic carbocycles. The molecular weight excluding hydrogens is 240 g/mol. The quantitative estimate of drug-likeness (QED) is 0.739. The van der Waals surface area contributed by atoms with Gasteiger partial charge in [-0.15, -0.1) is 0 Å². The zero-order valence-electron chi connectivity index (χ0n) is 12.2. The first-order chi connectivity index (χ1) is 8.88. The average molecular weight is 264 g/mol. The van der Waals surface area contributed by atoms with E-state index in [2.05, 4.69) is 39.1 Å². The number of nitrogens with one attached hydrogen (secondary N) is 1. The Balaban J connectivity index is 2.71. The lowest BCUT2D eigenvalue weighted by Crippen LogP contribution is -2.40. The zero-order chi connectivity index (χ0) is 14.6. The molecule has 4 nitrogen and oxygen atoms in total. The van der Waals surface area contributed by atoms with Crippen LogP contribution in [0.3, 0.4) is 0 Å². The first-order valence-electron chi connectivity index (χ1n) is 6.60. The molecule has 1 atom stereocenters. The van der Waals surface area contributed by atoms with E-state index < -0.39 is 12.0 Å². The second kappa shape index (κ2) is 6.68. The van der Waals surface area contributed by atoms with Gasteiger partial charge in [-0.25, -0.2) is 0 Å². The largest absolute Gasteiger partial charge is 0.382 e. The molecular formula is C15H24N2O2. The molecule has 1 unspecified atom stereocenters. The van der Waals surface area contributed by atoms with Crippen LogP contribution in [-0.2, 0) is 11.2 Å². The topological polar surface area (TPSA) is 75.3 Å². The van der Waals surface area contributed by atoms with E-state index in [-0.39, 0.29) is 6.54 Å². The number of carbonyl (C=O) groups is 1. The highest BCUT2D eigenvalue weighted by Crippen LogP contribution is 2.21. The number of aliphatic hydroxyl groups is 1. The molecule has 0 fully saturated rings. The van der Waals surface area contributed by atoms with E-state index in [1.807, 2.05) is 0 Å². The van der Waals surface area contributed by atoms with Gasteiger partial charge in [0.15, 0.2) is 0 Å². The Hall–Kier alpha value is -1.39. The Kier molecular flexibility index (Phi) is 5.51. The van der Waals surface area contributed by atoms with Crippen LogP contribution in [0.15, 0.2) is 6.07 Å². The van der Waals surface area contributed by atoms with Crippen molar-refractivity contribution < 1.29 is 9.90 Å². The normalized spacial score (nSPS) is 12.3. The first-order valence-corrected chi connectivity index (χ1v) is 6.60. The van der Waals surface area contributed by atoms with Crippen LogP contribution < -0.4 is 11.1 Å². The molecule has 0 bridgehead atoms. The van der Waals surface area contributed by atoms with Crippen molar-refractivity contribution in [1.82, 2.24) is 5.32 Å². The minimum Gasteiger partial charge on any atom is -0.382 e. The Morgan fingerprint density at radius 3 is 2.26 bits per heavy atom. The lowest BCUT2D eigenvalue weighted by molar-refractivity contribution is -0.128. The predicted molar refractivity (Wildman–Crippen MR) is 77.2 cm³/mol. The summed E-state index contributed by atoms with van der Waals surface area (Å²) in [6.45, 7) is 8.87. The number of amides is 1. The number of hydrogen-bond acceptors (Lipinski definition) is 3. The molecule has 0 saturated heterocycles. The SMILES string of the molecule is Cc1cc(C)c(C)c(CCNC(=O)C(O)CN)c1C. The summed E-state index contributed by atoms with van der Waals surface area (Å²) in [4.78, 5) is 11.4. The van der Waals surface area contributed by atoms with Gasteiger partial charge in [0.2, 0.25) is 5.91 Å². The van der Waals surface area contributed by atoms with Crippen molar-refractivity contribution in [2.24, 2.45) is 5.73 Å². The van der Waals surface area contributed by atoms with Crippen molar-refractivity contribution in [2.45, 2.75) is 40.2 Å². The fourth-order valence-electron chi connectivity index (χ4n) is 2.21. The Morgan fingerprint density at radius 1 is 1.26 bits per heavy atom. The van der Waals surface area contributed by atoms with Crippen molar-refractivity contribution in [3.63, 3.8) is 0 Å². The maximum Gasteiger partial charge on any atom is 0.250 e. The standard InChI is InChI=1S/C15H24N2O2/c1-9-7-10(2)12(4)13(11(9)3)5-6-17-15(19)14(18)8-16/h7,14,18H,5-6,8,16H2,1-4H3,(H,17,19). The van der Waals surface area contributed by atoms with Crippen molar-refractivity contribution in [1.29, 1.82) is 0 Å². The number of nitrogens with two attached hydrogens (primary N) is 1. The van der Waals surface area contributed by atoms with Crippen LogP contribution in [0.1, 0.15) is 27.8 Å². The number of carbonyl (C=O) groups excluding carboxylic acids is 1. The van der Waals surface area contributed by atoms with E-state index in [0.29, 0.717) is 6.54 Å². The van der Waals surface area contributed by atoms with Crippen molar-refractivity contribution in [3.8, 4) is 0 Å². The molecule has 0 radical (unpaired) electrons. The van der Waals surface area contributed by atoms with E-state index in [4.69, 9.17) is 5.73 Å². The van der Waals surface area contributed by atoms with E-state index in [9.17, 15) is 9.90 Å². The highest BCUT2D eigenvalue weighted by molar-refractivity contribution is 5.80. The zero-order valence-corrected chi connectivity index (χ0v) is 12.2. The van der Waals surface area contributed by atoms with Gasteiger partial charge < -0.3 is 16.2 Å². The van der Waals surface area contributed by atoms with Gasteiger partial charge in [0.1, 0.15) is 6.10 Å². The lowest BCUT2D eigenvalue weighted by atomic mass is 9.92. The molecule has 0 spiro atoms. The van der Waals surface area contributed by atoms with Gasteiger partial charge in [0, 0.05) is 13.1 Å². The van der Waals surface area contributed by atoms with Crippen LogP contribution in [-0.4, -0.2) is 30.2 Å². The summed E-state index contributed by atoms with van der Waals surface area (Å²) >= 11 is 0. The summed E-state index contributed by atoms with van der Waals surface area (Å²) < 4.78 is 0. The second-order valence-corrected chi connectivity index (χ2v) is 5.03. The molecule has 1 rings (SSSR count). The maximum atomic E-state index is 11.4. The Labute approximate surface area is 115 Å². The van der Waals surface area contributed by atoms with Gasteiger partial charge in [-0.3, -0.25) is 4.79 Å². The van der Waals surface area contributed by atoms with Crippen LogP contribution >= 0.6 is 0 Å². The van der Waals surface area contributed by atoms with Gasteiger partial charge in [0.05, 0.1) is 0 Å². The van der Waals surface area contributed by atoms with Gasteiger partial charge in [-0.1, -0.05) is 6.07 Å². The highest BCUT2D eigenvalue weighted by Gasteiger charge is 2.13. The highest BCUT2D eigenvalue weighted by atomic mass is 16.3. The summed E-state index contributed by atoms with van der Waals surface area (Å²) in [5.41, 5.74) is 11.6. The molecule has 0 aliphatic carbocycles. The van der Waals surface area contributed by atoms with E-state index in [0.717, 1.165) is 6.42 Å². The molecule has 0 saturated carbocycles. The summed E-state index contributed by atoms with van der Waals surface area (Å²) in [6, 6.07) is 2.19. The van der Waals surface area contributed by atoms with Gasteiger partial charge in [0.25, 0.3) is 0 Å². The summed E-state index contributed by atoms with van der Waals surface area (Å²) in [5.74, 6) is -0.401. The molecule has 1 aromatic rings. The van der Waals surface area contributed by atoms with E-state index in [1.165, 1.54) is 27.8 Å². The third-order valence-electron chi connectivity index (χ3n) is 3.72. The van der Waals surface area contributed by atoms with Crippen LogP contribution in [0.5, 0.6) is 0 Å². The number of aryl methyl sites for hydroxylation is 2. The molecule has 0 aliphatic rings. The maximum absolute atomic E-state index is 11.4. The number of benzene rings is 1. The van der Waals surface area contributed by atoms with Gasteiger partial charge in [-0.05, 0) is 61.9 Å². The van der Waals surface area contributed by atoms with E-state index >= 15 is 0 Å². The fourth-order valence-corrected chi connectivity index (χ4v) is 2.21. The number of rotatable bonds is 5. The minimum absolute atomic E-state index is 0.0482. The molecule has 0 heterocycles. The van der Waals surface area contributed by atoms with Gasteiger partial charge in [-0.2, -0.15) is 0 Å². The van der Waals surface area contributed by atoms with Crippen LogP contribution in [0.25, 0.3) is 0 Å². The molecule has 19 heavy (non-hydrogen) atoms. The Bertz CT molecular complexity index is 443. The molecule has 106 valence electrons. The third-order valence-corrected chi connectivity index (χ3v) is 3.72. The fraction of sp³-hybridized carbons (Fsp3) is 0.533. The van der Waals surface area contributed by atoms with E-state index in [1.54, 1.807) is 0 Å². The van der Waals surface area contributed by atoms with Crippen molar-refractivity contribution >= 4 is 5.91 Å². The van der Waals surface area contributed by atoms with Gasteiger partial charge >= 0.3 is 0 Å². The average Bonchev–Trinajstić information content (AvgIpc) is 2.39. The molecule has 4 N–H and O–H groups in total. The Morgan fingerprint density at radius 2 is 1.79 bits per heavy atom. The summed E-state index contributed by atoms with van der Waals surface area (Å²) in [7, 11) is 0. The number of hydrogen-bond donors (Lipinski definition) is 3. The van der Waals surface area contributed by atoms with Crippen molar-refractivity contribution in [2.75, 3.05) is 13.1 Å². The lowest BCUT2D eigenvalue weighted by Gasteiger charge is -2.16. The van der Waals surface area contributed by atoms with Crippen molar-refractivity contribution in [3.05, 3.63) is 33.9 Å². The monoisotopic (exact) mass is 264 g/mol. The van der Waals surface area contributed by atoms with Crippen LogP contribution in [0.2, 0.25) is 0 Å². The number of aliphatic hydroxyl groups excluding tert-OH is 1.